The molecule has 3 heterocycles. The highest BCUT2D eigenvalue weighted by Crippen LogP contribution is 2.46. The van der Waals surface area contributed by atoms with E-state index in [2.05, 4.69) is 4.74 Å². The Morgan fingerprint density at radius 3 is 2.22 bits per heavy atom. The number of carbonyl (C=O) groups excluding carboxylic acids is 3. The molecule has 2 saturated heterocycles. The maximum absolute atomic E-state index is 13.8. The third kappa shape index (κ3) is 4.92. The average molecular weight is 579 g/mol. The van der Waals surface area contributed by atoms with Crippen LogP contribution in [0.3, 0.4) is 0 Å². The second kappa shape index (κ2) is 10.8. The predicted molar refractivity (Wildman–Crippen MR) is 136 cm³/mol. The van der Waals surface area contributed by atoms with E-state index in [1.807, 2.05) is 0 Å². The largest absolute Gasteiger partial charge is 0.573 e. The monoisotopic (exact) mass is 578 g/mol. The Labute approximate surface area is 233 Å². The molecule has 3 aliphatic rings. The molecule has 5 rings (SSSR count). The maximum Gasteiger partial charge on any atom is 0.573 e. The second-order valence-corrected chi connectivity index (χ2v) is 9.99. The minimum Gasteiger partial charge on any atom is -0.493 e. The van der Waals surface area contributed by atoms with Crippen LogP contribution in [0.15, 0.2) is 30.3 Å². The normalized spacial score (nSPS) is 23.3. The van der Waals surface area contributed by atoms with Crippen molar-refractivity contribution in [1.29, 1.82) is 0 Å². The van der Waals surface area contributed by atoms with Gasteiger partial charge in [-0.2, -0.15) is 0 Å². The molecule has 0 aromatic heterocycles. The summed E-state index contributed by atoms with van der Waals surface area (Å²) in [6, 6.07) is 4.45. The summed E-state index contributed by atoms with van der Waals surface area (Å²) in [6.45, 7) is 0.126. The standard InChI is InChI=1S/C28H29F3N2O8/c1-37-20-10-15(11-21(38-2)25(20)40-4)23(34)27(36)33-18-6-5-7-19(33)26(35)32-13-14-8-9-16(41-28(29,30)31)12-17(14)24(39-3)22(18)32/h8-12,18-19,22,24H,5-7,13H2,1-4H3/t18?,19?,22-,24-/m0/s1. The van der Waals surface area contributed by atoms with E-state index in [4.69, 9.17) is 18.9 Å². The van der Waals surface area contributed by atoms with Crippen LogP contribution < -0.4 is 18.9 Å². The van der Waals surface area contributed by atoms with Crippen molar-refractivity contribution in [1.82, 2.24) is 9.80 Å². The number of rotatable bonds is 7. The third-order valence-electron chi connectivity index (χ3n) is 7.91. The zero-order valence-electron chi connectivity index (χ0n) is 22.8. The van der Waals surface area contributed by atoms with Gasteiger partial charge < -0.3 is 33.5 Å². The Morgan fingerprint density at radius 2 is 1.63 bits per heavy atom. The van der Waals surface area contributed by atoms with E-state index in [9.17, 15) is 27.6 Å². The summed E-state index contributed by atoms with van der Waals surface area (Å²) in [7, 11) is 5.56. The number of piperazine rings is 1. The summed E-state index contributed by atoms with van der Waals surface area (Å²) >= 11 is 0. The fraction of sp³-hybridized carbons (Fsp3) is 0.464. The molecule has 2 amide bonds. The fourth-order valence-electron chi connectivity index (χ4n) is 6.26. The van der Waals surface area contributed by atoms with Gasteiger partial charge in [0, 0.05) is 19.2 Å². The highest BCUT2D eigenvalue weighted by molar-refractivity contribution is 6.43. The summed E-state index contributed by atoms with van der Waals surface area (Å²) in [5.74, 6) is -1.89. The minimum absolute atomic E-state index is 0.0105. The molecule has 2 unspecified atom stereocenters. The summed E-state index contributed by atoms with van der Waals surface area (Å²) in [4.78, 5) is 44.2. The molecule has 0 aliphatic carbocycles. The van der Waals surface area contributed by atoms with E-state index in [0.717, 1.165) is 0 Å². The van der Waals surface area contributed by atoms with E-state index < -0.39 is 48.0 Å². The van der Waals surface area contributed by atoms with Gasteiger partial charge in [-0.3, -0.25) is 14.4 Å². The van der Waals surface area contributed by atoms with E-state index in [1.54, 1.807) is 4.90 Å². The fourth-order valence-corrected chi connectivity index (χ4v) is 6.26. The predicted octanol–water partition coefficient (Wildman–Crippen LogP) is 3.66. The number of methoxy groups -OCH3 is 4. The molecule has 0 N–H and O–H groups in total. The van der Waals surface area contributed by atoms with Crippen LogP contribution >= 0.6 is 0 Å². The number of hydrogen-bond donors (Lipinski definition) is 0. The van der Waals surface area contributed by atoms with E-state index in [1.165, 1.54) is 63.7 Å². The number of fused-ring (bicyclic) bond motifs is 5. The minimum atomic E-state index is -4.88. The van der Waals surface area contributed by atoms with Gasteiger partial charge in [0.15, 0.2) is 11.5 Å². The topological polar surface area (TPSA) is 104 Å². The van der Waals surface area contributed by atoms with Crippen molar-refractivity contribution >= 4 is 17.6 Å². The Morgan fingerprint density at radius 1 is 0.951 bits per heavy atom. The van der Waals surface area contributed by atoms with Crippen molar-refractivity contribution in [2.45, 2.75) is 56.4 Å². The van der Waals surface area contributed by atoms with Crippen LogP contribution in [-0.2, 0) is 20.9 Å². The van der Waals surface area contributed by atoms with Gasteiger partial charge in [-0.15, -0.1) is 13.2 Å². The Hall–Kier alpha value is -4.00. The SMILES string of the molecule is COc1cc(C(=O)C(=O)N2C3CCCC2[C@H]2[C@@H](OC)c4cc(OC(F)(F)F)ccc4CN2C3=O)cc(OC)c1OC. The average Bonchev–Trinajstić information content (AvgIpc) is 2.96. The van der Waals surface area contributed by atoms with Gasteiger partial charge in [0.05, 0.1) is 33.4 Å². The smallest absolute Gasteiger partial charge is 0.493 e. The van der Waals surface area contributed by atoms with Crippen molar-refractivity contribution in [3.05, 3.63) is 47.0 Å². The van der Waals surface area contributed by atoms with Gasteiger partial charge in [-0.05, 0) is 54.7 Å². The number of benzene rings is 2. The molecule has 3 aliphatic heterocycles. The van der Waals surface area contributed by atoms with Gasteiger partial charge in [-0.25, -0.2) is 0 Å². The molecule has 2 aromatic carbocycles. The Kier molecular flexibility index (Phi) is 7.49. The van der Waals surface area contributed by atoms with Gasteiger partial charge in [0.2, 0.25) is 11.7 Å². The van der Waals surface area contributed by atoms with Crippen molar-refractivity contribution < 1.29 is 51.2 Å². The van der Waals surface area contributed by atoms with Gasteiger partial charge in [0.1, 0.15) is 17.9 Å². The van der Waals surface area contributed by atoms with Crippen molar-refractivity contribution in [3.63, 3.8) is 0 Å². The molecule has 2 fully saturated rings. The molecule has 2 aromatic rings. The van der Waals surface area contributed by atoms with Crippen molar-refractivity contribution in [2.24, 2.45) is 0 Å². The molecule has 2 bridgehead atoms. The van der Waals surface area contributed by atoms with Crippen molar-refractivity contribution in [3.8, 4) is 23.0 Å². The number of piperidine rings is 1. The van der Waals surface area contributed by atoms with Gasteiger partial charge >= 0.3 is 6.36 Å². The lowest BCUT2D eigenvalue weighted by molar-refractivity contribution is -0.274. The molecule has 0 radical (unpaired) electrons. The lowest BCUT2D eigenvalue weighted by Gasteiger charge is -2.57. The zero-order valence-corrected chi connectivity index (χ0v) is 22.8. The number of Topliss-reactive ketones (excluding diaryl/α,β-unsaturated/α-hetero) is 1. The number of hydrogen-bond acceptors (Lipinski definition) is 8. The summed E-state index contributed by atoms with van der Waals surface area (Å²) in [5, 5.41) is 0. The molecule has 10 nitrogen and oxygen atoms in total. The molecule has 0 spiro atoms. The van der Waals surface area contributed by atoms with Crippen molar-refractivity contribution in [2.75, 3.05) is 28.4 Å². The number of alkyl halides is 3. The molecule has 0 saturated carbocycles. The third-order valence-corrected chi connectivity index (χ3v) is 7.91. The Bertz CT molecular complexity index is 1360. The summed E-state index contributed by atoms with van der Waals surface area (Å²) in [6.07, 6.45) is -4.29. The highest BCUT2D eigenvalue weighted by atomic mass is 19.4. The quantitative estimate of drug-likeness (QED) is 0.363. The van der Waals surface area contributed by atoms with Gasteiger partial charge in [-0.1, -0.05) is 6.07 Å². The molecule has 220 valence electrons. The molecular weight excluding hydrogens is 549 g/mol. The molecular formula is C28H29F3N2O8. The lowest BCUT2D eigenvalue weighted by Crippen LogP contribution is -2.72. The Balaban J connectivity index is 1.52. The van der Waals surface area contributed by atoms with Crippen LogP contribution in [0.4, 0.5) is 13.2 Å². The van der Waals surface area contributed by atoms with Crippen LogP contribution in [0.2, 0.25) is 0 Å². The number of ketones is 1. The first kappa shape index (κ1) is 28.5. The van der Waals surface area contributed by atoms with Crippen LogP contribution in [-0.4, -0.2) is 80.3 Å². The molecule has 13 heteroatoms. The second-order valence-electron chi connectivity index (χ2n) is 9.99. The first-order valence-electron chi connectivity index (χ1n) is 12.9. The summed E-state index contributed by atoms with van der Waals surface area (Å²) in [5.41, 5.74) is 1.03. The van der Waals surface area contributed by atoms with Crippen LogP contribution in [0.25, 0.3) is 0 Å². The highest BCUT2D eigenvalue weighted by Gasteiger charge is 2.56. The van der Waals surface area contributed by atoms with Crippen LogP contribution in [0.5, 0.6) is 23.0 Å². The molecule has 4 atom stereocenters. The lowest BCUT2D eigenvalue weighted by atomic mass is 9.77. The zero-order chi connectivity index (χ0) is 29.6. The number of carbonyl (C=O) groups is 3. The van der Waals surface area contributed by atoms with Gasteiger partial charge in [0.25, 0.3) is 11.7 Å². The number of ether oxygens (including phenoxy) is 5. The van der Waals surface area contributed by atoms with E-state index in [-0.39, 0.29) is 35.3 Å². The van der Waals surface area contributed by atoms with E-state index >= 15 is 0 Å². The summed E-state index contributed by atoms with van der Waals surface area (Å²) < 4.78 is 64.6. The van der Waals surface area contributed by atoms with Crippen LogP contribution in [0, 0.1) is 0 Å². The number of halogens is 3. The number of nitrogens with zero attached hydrogens (tertiary/aromatic N) is 2. The number of amides is 2. The first-order valence-corrected chi connectivity index (χ1v) is 12.9. The van der Waals surface area contributed by atoms with E-state index in [0.29, 0.717) is 30.4 Å². The van der Waals surface area contributed by atoms with Crippen LogP contribution in [0.1, 0.15) is 46.9 Å². The molecule has 41 heavy (non-hydrogen) atoms. The first-order chi connectivity index (χ1) is 19.5. The maximum atomic E-state index is 13.8.